The second kappa shape index (κ2) is 7.41. The Morgan fingerprint density at radius 1 is 1.46 bits per heavy atom. The van der Waals surface area contributed by atoms with Crippen molar-refractivity contribution in [1.82, 2.24) is 15.3 Å². The van der Waals surface area contributed by atoms with Crippen molar-refractivity contribution in [2.45, 2.75) is 57.1 Å². The summed E-state index contributed by atoms with van der Waals surface area (Å²) in [6.45, 7) is 5.49. The van der Waals surface area contributed by atoms with Crippen LogP contribution in [0.1, 0.15) is 44.1 Å². The summed E-state index contributed by atoms with van der Waals surface area (Å²) in [5.74, 6) is -0.155. The van der Waals surface area contributed by atoms with Gasteiger partial charge in [-0.05, 0) is 44.1 Å². The standard InChI is InChI=1S/C18H22N4O2S2/c1-10(2)18(3,9-19)22-13(23)8-25-17-20-15(24)14-11-6-4-5-7-12(11)26-16(14)21-17/h10H,4-8H2,1-3H3,(H,22,23)(H,20,21,24). The van der Waals surface area contributed by atoms with E-state index in [2.05, 4.69) is 21.4 Å². The predicted molar refractivity (Wildman–Crippen MR) is 105 cm³/mol. The molecule has 0 saturated heterocycles. The lowest BCUT2D eigenvalue weighted by atomic mass is 9.90. The van der Waals surface area contributed by atoms with Crippen LogP contribution in [0.25, 0.3) is 10.2 Å². The smallest absolute Gasteiger partial charge is 0.260 e. The van der Waals surface area contributed by atoms with Gasteiger partial charge in [-0.3, -0.25) is 9.59 Å². The zero-order chi connectivity index (χ0) is 18.9. The summed E-state index contributed by atoms with van der Waals surface area (Å²) in [6, 6.07) is 2.16. The number of nitrogens with one attached hydrogen (secondary N) is 2. The number of fused-ring (bicyclic) bond motifs is 3. The van der Waals surface area contributed by atoms with Gasteiger partial charge in [-0.2, -0.15) is 5.26 Å². The molecular formula is C18H22N4O2S2. The summed E-state index contributed by atoms with van der Waals surface area (Å²) in [5, 5.41) is 13.2. The zero-order valence-corrected chi connectivity index (χ0v) is 16.8. The molecule has 2 N–H and O–H groups in total. The zero-order valence-electron chi connectivity index (χ0n) is 15.1. The minimum Gasteiger partial charge on any atom is -0.337 e. The highest BCUT2D eigenvalue weighted by atomic mass is 32.2. The van der Waals surface area contributed by atoms with E-state index in [9.17, 15) is 14.9 Å². The van der Waals surface area contributed by atoms with E-state index in [-0.39, 0.29) is 23.1 Å². The third-order valence-electron chi connectivity index (χ3n) is 4.93. The molecule has 138 valence electrons. The molecular weight excluding hydrogens is 368 g/mol. The van der Waals surface area contributed by atoms with Gasteiger partial charge in [-0.15, -0.1) is 11.3 Å². The molecule has 0 bridgehead atoms. The van der Waals surface area contributed by atoms with Gasteiger partial charge in [-0.25, -0.2) is 4.98 Å². The minimum atomic E-state index is -0.907. The van der Waals surface area contributed by atoms with E-state index >= 15 is 0 Å². The van der Waals surface area contributed by atoms with Crippen molar-refractivity contribution in [3.8, 4) is 6.07 Å². The Morgan fingerprint density at radius 3 is 2.88 bits per heavy atom. The highest BCUT2D eigenvalue weighted by molar-refractivity contribution is 7.99. The van der Waals surface area contributed by atoms with E-state index < -0.39 is 5.54 Å². The second-order valence-electron chi connectivity index (χ2n) is 7.07. The van der Waals surface area contributed by atoms with Crippen LogP contribution in [0.5, 0.6) is 0 Å². The number of carbonyl (C=O) groups excluding carboxylic acids is 1. The molecule has 8 heteroatoms. The molecule has 0 fully saturated rings. The monoisotopic (exact) mass is 390 g/mol. The van der Waals surface area contributed by atoms with E-state index in [1.165, 1.54) is 16.6 Å². The van der Waals surface area contributed by atoms with Crippen LogP contribution in [0.2, 0.25) is 0 Å². The summed E-state index contributed by atoms with van der Waals surface area (Å²) >= 11 is 2.78. The van der Waals surface area contributed by atoms with Crippen molar-refractivity contribution in [2.75, 3.05) is 5.75 Å². The molecule has 0 aromatic carbocycles. The number of thioether (sulfide) groups is 1. The van der Waals surface area contributed by atoms with Crippen LogP contribution >= 0.6 is 23.1 Å². The van der Waals surface area contributed by atoms with Crippen LogP contribution in [0.15, 0.2) is 9.95 Å². The van der Waals surface area contributed by atoms with Crippen molar-refractivity contribution >= 4 is 39.2 Å². The van der Waals surface area contributed by atoms with Gasteiger partial charge in [0.15, 0.2) is 5.16 Å². The highest BCUT2D eigenvalue weighted by Crippen LogP contribution is 2.34. The van der Waals surface area contributed by atoms with Crippen molar-refractivity contribution in [3.63, 3.8) is 0 Å². The fraction of sp³-hybridized carbons (Fsp3) is 0.556. The maximum absolute atomic E-state index is 12.5. The average Bonchev–Trinajstić information content (AvgIpc) is 2.98. The van der Waals surface area contributed by atoms with Gasteiger partial charge < -0.3 is 10.3 Å². The summed E-state index contributed by atoms with van der Waals surface area (Å²) in [5.41, 5.74) is 0.122. The van der Waals surface area contributed by atoms with E-state index in [0.717, 1.165) is 41.5 Å². The van der Waals surface area contributed by atoms with Crippen molar-refractivity contribution < 1.29 is 4.79 Å². The lowest BCUT2D eigenvalue weighted by molar-refractivity contribution is -0.120. The van der Waals surface area contributed by atoms with Gasteiger partial charge in [0.25, 0.3) is 5.56 Å². The molecule has 1 aliphatic carbocycles. The molecule has 1 aliphatic rings. The first-order valence-electron chi connectivity index (χ1n) is 8.73. The third-order valence-corrected chi connectivity index (χ3v) is 6.99. The van der Waals surface area contributed by atoms with Crippen LogP contribution in [-0.2, 0) is 17.6 Å². The molecule has 2 aromatic rings. The van der Waals surface area contributed by atoms with Crippen molar-refractivity contribution in [2.24, 2.45) is 5.92 Å². The molecule has 2 heterocycles. The number of amides is 1. The number of aromatic nitrogens is 2. The number of nitriles is 1. The molecule has 1 unspecified atom stereocenters. The van der Waals surface area contributed by atoms with Crippen molar-refractivity contribution in [3.05, 3.63) is 20.8 Å². The number of aromatic amines is 1. The Bertz CT molecular complexity index is 941. The fourth-order valence-corrected chi connectivity index (χ4v) is 4.95. The Balaban J connectivity index is 1.75. The molecule has 1 atom stereocenters. The molecule has 26 heavy (non-hydrogen) atoms. The van der Waals surface area contributed by atoms with Gasteiger partial charge >= 0.3 is 0 Å². The maximum atomic E-state index is 12.5. The normalized spacial score (nSPS) is 16.1. The summed E-state index contributed by atoms with van der Waals surface area (Å²) < 4.78 is 0. The first-order valence-corrected chi connectivity index (χ1v) is 10.5. The summed E-state index contributed by atoms with van der Waals surface area (Å²) in [7, 11) is 0. The van der Waals surface area contributed by atoms with E-state index in [1.807, 2.05) is 13.8 Å². The molecule has 0 radical (unpaired) electrons. The Hall–Kier alpha value is -1.85. The van der Waals surface area contributed by atoms with Gasteiger partial charge in [0.05, 0.1) is 17.2 Å². The van der Waals surface area contributed by atoms with Gasteiger partial charge in [-0.1, -0.05) is 25.6 Å². The largest absolute Gasteiger partial charge is 0.337 e. The summed E-state index contributed by atoms with van der Waals surface area (Å²) in [6.07, 6.45) is 4.23. The first kappa shape index (κ1) is 18.9. The number of thiophene rings is 1. The number of H-pyrrole nitrogens is 1. The fourth-order valence-electron chi connectivity index (χ4n) is 2.97. The van der Waals surface area contributed by atoms with Crippen LogP contribution < -0.4 is 10.9 Å². The number of rotatable bonds is 5. The van der Waals surface area contributed by atoms with Gasteiger partial charge in [0.1, 0.15) is 10.4 Å². The van der Waals surface area contributed by atoms with E-state index in [0.29, 0.717) is 5.16 Å². The molecule has 0 saturated carbocycles. The Kier molecular flexibility index (Phi) is 5.39. The lowest BCUT2D eigenvalue weighted by Gasteiger charge is -2.27. The predicted octanol–water partition coefficient (Wildman–Crippen LogP) is 3.01. The van der Waals surface area contributed by atoms with E-state index in [1.54, 1.807) is 18.3 Å². The highest BCUT2D eigenvalue weighted by Gasteiger charge is 2.30. The lowest BCUT2D eigenvalue weighted by Crippen LogP contribution is -2.49. The molecule has 6 nitrogen and oxygen atoms in total. The minimum absolute atomic E-state index is 0.00632. The van der Waals surface area contributed by atoms with Gasteiger partial charge in [0.2, 0.25) is 5.91 Å². The van der Waals surface area contributed by atoms with Crippen molar-refractivity contribution in [1.29, 1.82) is 5.26 Å². The van der Waals surface area contributed by atoms with Crippen LogP contribution in [0.4, 0.5) is 0 Å². The average molecular weight is 391 g/mol. The number of hydrogen-bond donors (Lipinski definition) is 2. The van der Waals surface area contributed by atoms with Gasteiger partial charge in [0, 0.05) is 4.88 Å². The molecule has 1 amide bonds. The molecule has 0 aliphatic heterocycles. The molecule has 0 spiro atoms. The molecule has 2 aromatic heterocycles. The number of aryl methyl sites for hydroxylation is 2. The van der Waals surface area contributed by atoms with Crippen LogP contribution in [-0.4, -0.2) is 27.2 Å². The van der Waals surface area contributed by atoms with E-state index in [4.69, 9.17) is 0 Å². The number of nitrogens with zero attached hydrogens (tertiary/aromatic N) is 2. The third kappa shape index (κ3) is 3.64. The maximum Gasteiger partial charge on any atom is 0.260 e. The Morgan fingerprint density at radius 2 is 2.19 bits per heavy atom. The number of carbonyl (C=O) groups is 1. The molecule has 3 rings (SSSR count). The van der Waals surface area contributed by atoms with Crippen LogP contribution in [0, 0.1) is 17.2 Å². The second-order valence-corrected chi connectivity index (χ2v) is 9.12. The quantitative estimate of drug-likeness (QED) is 0.604. The Labute approximate surface area is 160 Å². The first-order chi connectivity index (χ1) is 12.3. The SMILES string of the molecule is CC(C)C(C)(C#N)NC(=O)CSc1nc2sc3c(c2c(=O)[nH]1)CCCC3. The van der Waals surface area contributed by atoms with Crippen LogP contribution in [0.3, 0.4) is 0 Å². The topological polar surface area (TPSA) is 98.6 Å². The summed E-state index contributed by atoms with van der Waals surface area (Å²) in [4.78, 5) is 34.1. The number of hydrogen-bond acceptors (Lipinski definition) is 6.